The van der Waals surface area contributed by atoms with Crippen LogP contribution in [0, 0.1) is 5.92 Å². The van der Waals surface area contributed by atoms with Crippen molar-refractivity contribution in [2.45, 2.75) is 31.3 Å². The first-order valence-corrected chi connectivity index (χ1v) is 7.80. The number of aromatic nitrogens is 3. The lowest BCUT2D eigenvalue weighted by Crippen LogP contribution is -2.35. The molecule has 1 fully saturated rings. The van der Waals surface area contributed by atoms with Gasteiger partial charge in [-0.25, -0.2) is 0 Å². The third-order valence-electron chi connectivity index (χ3n) is 4.89. The molecule has 1 saturated carbocycles. The molecule has 108 valence electrons. The summed E-state index contributed by atoms with van der Waals surface area (Å²) in [6.07, 6.45) is 2.63. The van der Waals surface area contributed by atoms with Crippen molar-refractivity contribution in [2.75, 3.05) is 13.2 Å². The molecule has 0 saturated heterocycles. The van der Waals surface area contributed by atoms with Gasteiger partial charge in [0.15, 0.2) is 5.82 Å². The summed E-state index contributed by atoms with van der Waals surface area (Å²) in [5.74, 6) is 4.17. The van der Waals surface area contributed by atoms with E-state index in [1.807, 2.05) is 12.1 Å². The number of nitrogens with one attached hydrogen (secondary N) is 1. The summed E-state index contributed by atoms with van der Waals surface area (Å²) >= 11 is 0. The third-order valence-corrected chi connectivity index (χ3v) is 4.89. The molecule has 1 N–H and O–H groups in total. The number of hydrogen-bond acceptors (Lipinski definition) is 4. The molecule has 0 radical (unpaired) electrons. The first kappa shape index (κ1) is 11.7. The molecular formula is C16H18N4O. The van der Waals surface area contributed by atoms with E-state index in [0.29, 0.717) is 12.6 Å². The topological polar surface area (TPSA) is 52.0 Å². The van der Waals surface area contributed by atoms with Gasteiger partial charge in [0.2, 0.25) is 0 Å². The van der Waals surface area contributed by atoms with Crippen LogP contribution in [0.25, 0.3) is 0 Å². The minimum absolute atomic E-state index is 0.223. The largest absolute Gasteiger partial charge is 0.492 e. The normalized spacial score (nSPS) is 27.0. The van der Waals surface area contributed by atoms with E-state index < -0.39 is 0 Å². The molecule has 2 aromatic rings. The Morgan fingerprint density at radius 1 is 1.14 bits per heavy atom. The van der Waals surface area contributed by atoms with Crippen LogP contribution >= 0.6 is 0 Å². The number of hydrogen-bond donors (Lipinski definition) is 1. The number of benzene rings is 1. The summed E-state index contributed by atoms with van der Waals surface area (Å²) < 4.78 is 8.14. The molecular weight excluding hydrogens is 264 g/mol. The Kier molecular flexibility index (Phi) is 2.41. The summed E-state index contributed by atoms with van der Waals surface area (Å²) in [5.41, 5.74) is 1.24. The maximum atomic E-state index is 5.82. The van der Waals surface area contributed by atoms with Gasteiger partial charge in [-0.15, -0.1) is 10.2 Å². The quantitative estimate of drug-likeness (QED) is 0.913. The fraction of sp³-hybridized carbons (Fsp3) is 0.500. The van der Waals surface area contributed by atoms with Crippen molar-refractivity contribution < 1.29 is 4.74 Å². The number of ether oxygens (including phenoxy) is 1. The van der Waals surface area contributed by atoms with Crippen LogP contribution in [0.1, 0.15) is 42.0 Å². The predicted octanol–water partition coefficient (Wildman–Crippen LogP) is 1.86. The monoisotopic (exact) mass is 282 g/mol. The Morgan fingerprint density at radius 3 is 2.90 bits per heavy atom. The van der Waals surface area contributed by atoms with Gasteiger partial charge in [0, 0.05) is 18.7 Å². The number of para-hydroxylation sites is 1. The highest BCUT2D eigenvalue weighted by atomic mass is 16.5. The van der Waals surface area contributed by atoms with Crippen molar-refractivity contribution >= 4 is 0 Å². The molecule has 0 bridgehead atoms. The van der Waals surface area contributed by atoms with Crippen molar-refractivity contribution in [2.24, 2.45) is 5.92 Å². The molecule has 5 heteroatoms. The van der Waals surface area contributed by atoms with Crippen molar-refractivity contribution in [3.05, 3.63) is 41.5 Å². The van der Waals surface area contributed by atoms with E-state index in [2.05, 4.69) is 32.2 Å². The minimum Gasteiger partial charge on any atom is -0.492 e. The average Bonchev–Trinajstić information content (AvgIpc) is 3.14. The molecule has 1 aromatic heterocycles. The summed E-state index contributed by atoms with van der Waals surface area (Å²) in [6, 6.07) is 8.68. The first-order chi connectivity index (χ1) is 10.4. The van der Waals surface area contributed by atoms with Gasteiger partial charge in [-0.05, 0) is 24.8 Å². The highest BCUT2D eigenvalue weighted by Crippen LogP contribution is 2.43. The third kappa shape index (κ3) is 1.73. The van der Waals surface area contributed by atoms with Crippen molar-refractivity contribution in [1.82, 2.24) is 20.1 Å². The highest BCUT2D eigenvalue weighted by molar-refractivity contribution is 5.43. The second-order valence-corrected chi connectivity index (χ2v) is 6.24. The lowest BCUT2D eigenvalue weighted by atomic mass is 10.00. The van der Waals surface area contributed by atoms with Crippen LogP contribution in [0.5, 0.6) is 5.75 Å². The Morgan fingerprint density at radius 2 is 2.00 bits per heavy atom. The SMILES string of the molecule is c1ccc2c(c1)OCC2c1nnc2n1CCNC2C1CC1. The fourth-order valence-electron chi connectivity index (χ4n) is 3.65. The van der Waals surface area contributed by atoms with E-state index in [1.54, 1.807) is 0 Å². The van der Waals surface area contributed by atoms with Crippen LogP contribution in [0.15, 0.2) is 24.3 Å². The van der Waals surface area contributed by atoms with Gasteiger partial charge in [-0.2, -0.15) is 0 Å². The standard InChI is InChI=1S/C16H18N4O/c1-2-4-13-11(3-1)12(9-21-13)15-18-19-16-14(10-5-6-10)17-7-8-20(15)16/h1-4,10,12,14,17H,5-9H2. The molecule has 0 spiro atoms. The number of rotatable bonds is 2. The van der Waals surface area contributed by atoms with Gasteiger partial charge in [-0.3, -0.25) is 0 Å². The predicted molar refractivity (Wildman–Crippen MR) is 77.3 cm³/mol. The molecule has 3 aliphatic rings. The van der Waals surface area contributed by atoms with Crippen molar-refractivity contribution in [3.8, 4) is 5.75 Å². The molecule has 2 atom stereocenters. The highest BCUT2D eigenvalue weighted by Gasteiger charge is 2.39. The Balaban J connectivity index is 1.56. The minimum atomic E-state index is 0.223. The number of fused-ring (bicyclic) bond motifs is 2. The van der Waals surface area contributed by atoms with E-state index in [-0.39, 0.29) is 5.92 Å². The molecule has 2 unspecified atom stereocenters. The molecule has 21 heavy (non-hydrogen) atoms. The number of nitrogens with zero attached hydrogens (tertiary/aromatic N) is 3. The van der Waals surface area contributed by atoms with Gasteiger partial charge < -0.3 is 14.6 Å². The lowest BCUT2D eigenvalue weighted by molar-refractivity contribution is 0.331. The molecule has 1 aromatic carbocycles. The Hall–Kier alpha value is -1.88. The maximum absolute atomic E-state index is 5.82. The van der Waals surface area contributed by atoms with Crippen LogP contribution in [-0.4, -0.2) is 27.9 Å². The average molecular weight is 282 g/mol. The van der Waals surface area contributed by atoms with Crippen molar-refractivity contribution in [1.29, 1.82) is 0 Å². The molecule has 0 amide bonds. The summed E-state index contributed by atoms with van der Waals surface area (Å²) in [6.45, 7) is 2.65. The lowest BCUT2D eigenvalue weighted by Gasteiger charge is -2.25. The Bertz CT molecular complexity index is 691. The molecule has 5 rings (SSSR count). The van der Waals surface area contributed by atoms with Crippen molar-refractivity contribution in [3.63, 3.8) is 0 Å². The van der Waals surface area contributed by atoms with Gasteiger partial charge in [0.05, 0.1) is 12.0 Å². The van der Waals surface area contributed by atoms with E-state index in [4.69, 9.17) is 4.74 Å². The molecule has 1 aliphatic carbocycles. The molecule has 3 heterocycles. The van der Waals surface area contributed by atoms with Crippen LogP contribution < -0.4 is 10.1 Å². The Labute approximate surface area is 123 Å². The second-order valence-electron chi connectivity index (χ2n) is 6.24. The van der Waals surface area contributed by atoms with Gasteiger partial charge in [0.25, 0.3) is 0 Å². The first-order valence-electron chi connectivity index (χ1n) is 7.80. The summed E-state index contributed by atoms with van der Waals surface area (Å²) in [7, 11) is 0. The van der Waals surface area contributed by atoms with E-state index in [0.717, 1.165) is 36.4 Å². The zero-order valence-corrected chi connectivity index (χ0v) is 11.8. The zero-order valence-electron chi connectivity index (χ0n) is 11.8. The smallest absolute Gasteiger partial charge is 0.150 e. The fourth-order valence-corrected chi connectivity index (χ4v) is 3.65. The maximum Gasteiger partial charge on any atom is 0.150 e. The second kappa shape index (κ2) is 4.31. The van der Waals surface area contributed by atoms with E-state index in [9.17, 15) is 0 Å². The summed E-state index contributed by atoms with van der Waals surface area (Å²) in [4.78, 5) is 0. The van der Waals surface area contributed by atoms with Gasteiger partial charge in [-0.1, -0.05) is 18.2 Å². The van der Waals surface area contributed by atoms with E-state index in [1.165, 1.54) is 18.4 Å². The molecule has 2 aliphatic heterocycles. The van der Waals surface area contributed by atoms with Crippen LogP contribution in [0.4, 0.5) is 0 Å². The van der Waals surface area contributed by atoms with Gasteiger partial charge in [0.1, 0.15) is 18.2 Å². The van der Waals surface area contributed by atoms with E-state index >= 15 is 0 Å². The molecule has 5 nitrogen and oxygen atoms in total. The van der Waals surface area contributed by atoms with Crippen LogP contribution in [0.3, 0.4) is 0 Å². The zero-order chi connectivity index (χ0) is 13.8. The van der Waals surface area contributed by atoms with Crippen LogP contribution in [-0.2, 0) is 6.54 Å². The van der Waals surface area contributed by atoms with Gasteiger partial charge >= 0.3 is 0 Å². The summed E-state index contributed by atoms with van der Waals surface area (Å²) in [5, 5.41) is 12.6. The van der Waals surface area contributed by atoms with Crippen LogP contribution in [0.2, 0.25) is 0 Å².